The van der Waals surface area contributed by atoms with Crippen LogP contribution in [0.4, 0.5) is 0 Å². The summed E-state index contributed by atoms with van der Waals surface area (Å²) < 4.78 is 0. The van der Waals surface area contributed by atoms with E-state index in [1.807, 2.05) is 0 Å². The third-order valence-corrected chi connectivity index (χ3v) is 4.38. The van der Waals surface area contributed by atoms with Gasteiger partial charge in [0.15, 0.2) is 0 Å². The minimum Gasteiger partial charge on any atom is -0.329 e. The highest BCUT2D eigenvalue weighted by Crippen LogP contribution is 2.35. The Labute approximate surface area is 94.0 Å². The van der Waals surface area contributed by atoms with E-state index in [0.717, 1.165) is 18.4 Å². The smallest absolute Gasteiger partial charge is 0.0306 e. The summed E-state index contributed by atoms with van der Waals surface area (Å²) in [6, 6.07) is 0. The Kier molecular flexibility index (Phi) is 3.68. The van der Waals surface area contributed by atoms with E-state index in [2.05, 4.69) is 12.2 Å². The average Bonchev–Trinajstić information content (AvgIpc) is 3.10. The number of nitrogens with two attached hydrogens (primary N) is 1. The molecule has 0 bridgehead atoms. The molecule has 2 rings (SSSR count). The predicted molar refractivity (Wildman–Crippen MR) is 64.8 cm³/mol. The van der Waals surface area contributed by atoms with Crippen molar-refractivity contribution >= 4 is 0 Å². The number of rotatable bonds is 5. The summed E-state index contributed by atoms with van der Waals surface area (Å²) in [6.07, 6.45) is 9.60. The number of hydrogen-bond donors (Lipinski definition) is 2. The molecule has 0 amide bonds. The standard InChI is InChI=1S/C13H26N2/c1-2-11-4-3-7-13(8-11,10-14)15-9-12-5-6-12/h11-12,15H,2-10,14H2,1H3. The van der Waals surface area contributed by atoms with E-state index < -0.39 is 0 Å². The van der Waals surface area contributed by atoms with Crippen LogP contribution in [0.3, 0.4) is 0 Å². The van der Waals surface area contributed by atoms with E-state index in [0.29, 0.717) is 5.54 Å². The zero-order chi connectivity index (χ0) is 10.7. The number of hydrogen-bond acceptors (Lipinski definition) is 2. The monoisotopic (exact) mass is 210 g/mol. The topological polar surface area (TPSA) is 38.0 Å². The summed E-state index contributed by atoms with van der Waals surface area (Å²) in [5.41, 5.74) is 6.29. The minimum atomic E-state index is 0.293. The van der Waals surface area contributed by atoms with Crippen LogP contribution in [0.15, 0.2) is 0 Å². The molecule has 0 heterocycles. The summed E-state index contributed by atoms with van der Waals surface area (Å²) in [4.78, 5) is 0. The fraction of sp³-hybridized carbons (Fsp3) is 1.00. The first-order chi connectivity index (χ1) is 7.28. The minimum absolute atomic E-state index is 0.293. The van der Waals surface area contributed by atoms with Gasteiger partial charge < -0.3 is 11.1 Å². The maximum absolute atomic E-state index is 6.00. The lowest BCUT2D eigenvalue weighted by Gasteiger charge is -2.41. The first-order valence-corrected chi connectivity index (χ1v) is 6.73. The summed E-state index contributed by atoms with van der Waals surface area (Å²) in [5.74, 6) is 1.88. The van der Waals surface area contributed by atoms with Gasteiger partial charge in [0.05, 0.1) is 0 Å². The molecule has 0 spiro atoms. The van der Waals surface area contributed by atoms with Crippen molar-refractivity contribution in [2.75, 3.05) is 13.1 Å². The van der Waals surface area contributed by atoms with Crippen molar-refractivity contribution in [2.24, 2.45) is 17.6 Å². The van der Waals surface area contributed by atoms with Gasteiger partial charge in [0.1, 0.15) is 0 Å². The Hall–Kier alpha value is -0.0800. The molecule has 0 aromatic heterocycles. The molecule has 0 radical (unpaired) electrons. The van der Waals surface area contributed by atoms with E-state index in [4.69, 9.17) is 5.73 Å². The van der Waals surface area contributed by atoms with Crippen LogP contribution < -0.4 is 11.1 Å². The van der Waals surface area contributed by atoms with Crippen LogP contribution in [-0.4, -0.2) is 18.6 Å². The Bertz CT molecular complexity index is 201. The lowest BCUT2D eigenvalue weighted by Crippen LogP contribution is -2.54. The molecule has 2 nitrogen and oxygen atoms in total. The van der Waals surface area contributed by atoms with Gasteiger partial charge in [-0.3, -0.25) is 0 Å². The highest BCUT2D eigenvalue weighted by molar-refractivity contribution is 4.95. The summed E-state index contributed by atoms with van der Waals surface area (Å²) in [6.45, 7) is 4.36. The highest BCUT2D eigenvalue weighted by Gasteiger charge is 2.35. The normalized spacial score (nSPS) is 36.8. The van der Waals surface area contributed by atoms with Crippen molar-refractivity contribution in [2.45, 2.75) is 57.4 Å². The van der Waals surface area contributed by atoms with Crippen LogP contribution in [0.1, 0.15) is 51.9 Å². The second-order valence-electron chi connectivity index (χ2n) is 5.68. The fourth-order valence-electron chi connectivity index (χ4n) is 2.94. The molecule has 0 aromatic carbocycles. The second kappa shape index (κ2) is 4.84. The molecule has 3 N–H and O–H groups in total. The SMILES string of the molecule is CCC1CCCC(CN)(NCC2CC2)C1. The van der Waals surface area contributed by atoms with Crippen LogP contribution in [0, 0.1) is 11.8 Å². The zero-order valence-electron chi connectivity index (χ0n) is 10.1. The molecular weight excluding hydrogens is 184 g/mol. The molecule has 2 aliphatic rings. The molecule has 2 saturated carbocycles. The first kappa shape index (κ1) is 11.4. The molecule has 2 fully saturated rings. The lowest BCUT2D eigenvalue weighted by molar-refractivity contribution is 0.179. The Morgan fingerprint density at radius 2 is 2.07 bits per heavy atom. The largest absolute Gasteiger partial charge is 0.329 e. The molecule has 2 aliphatic carbocycles. The second-order valence-corrected chi connectivity index (χ2v) is 5.68. The molecule has 2 heteroatoms. The summed E-state index contributed by atoms with van der Waals surface area (Å²) >= 11 is 0. The van der Waals surface area contributed by atoms with E-state index in [1.165, 1.54) is 51.5 Å². The highest BCUT2D eigenvalue weighted by atomic mass is 15.0. The quantitative estimate of drug-likeness (QED) is 0.730. The van der Waals surface area contributed by atoms with Gasteiger partial charge in [0, 0.05) is 12.1 Å². The van der Waals surface area contributed by atoms with Crippen LogP contribution in [0.2, 0.25) is 0 Å². The molecule has 0 saturated heterocycles. The van der Waals surface area contributed by atoms with Gasteiger partial charge in [0.25, 0.3) is 0 Å². The van der Waals surface area contributed by atoms with Crippen LogP contribution in [-0.2, 0) is 0 Å². The van der Waals surface area contributed by atoms with Crippen LogP contribution in [0.5, 0.6) is 0 Å². The lowest BCUT2D eigenvalue weighted by atomic mass is 9.74. The van der Waals surface area contributed by atoms with Gasteiger partial charge in [-0.05, 0) is 44.1 Å². The van der Waals surface area contributed by atoms with E-state index in [1.54, 1.807) is 0 Å². The first-order valence-electron chi connectivity index (χ1n) is 6.73. The van der Waals surface area contributed by atoms with Crippen molar-refractivity contribution in [3.63, 3.8) is 0 Å². The van der Waals surface area contributed by atoms with Gasteiger partial charge in [-0.1, -0.05) is 26.2 Å². The molecule has 15 heavy (non-hydrogen) atoms. The van der Waals surface area contributed by atoms with Crippen molar-refractivity contribution < 1.29 is 0 Å². The Morgan fingerprint density at radius 3 is 2.67 bits per heavy atom. The van der Waals surface area contributed by atoms with Gasteiger partial charge in [-0.15, -0.1) is 0 Å². The fourth-order valence-corrected chi connectivity index (χ4v) is 2.94. The van der Waals surface area contributed by atoms with Crippen LogP contribution >= 0.6 is 0 Å². The summed E-state index contributed by atoms with van der Waals surface area (Å²) in [5, 5.41) is 3.79. The molecular formula is C13H26N2. The number of nitrogens with one attached hydrogen (secondary N) is 1. The predicted octanol–water partition coefficient (Wildman–Crippen LogP) is 2.28. The van der Waals surface area contributed by atoms with Crippen molar-refractivity contribution in [1.29, 1.82) is 0 Å². The van der Waals surface area contributed by atoms with E-state index in [9.17, 15) is 0 Å². The van der Waals surface area contributed by atoms with Gasteiger partial charge >= 0.3 is 0 Å². The van der Waals surface area contributed by atoms with Crippen LogP contribution in [0.25, 0.3) is 0 Å². The third-order valence-electron chi connectivity index (χ3n) is 4.38. The molecule has 0 aliphatic heterocycles. The van der Waals surface area contributed by atoms with Gasteiger partial charge in [0.2, 0.25) is 0 Å². The Balaban J connectivity index is 1.86. The van der Waals surface area contributed by atoms with Crippen molar-refractivity contribution in [1.82, 2.24) is 5.32 Å². The average molecular weight is 210 g/mol. The van der Waals surface area contributed by atoms with E-state index in [-0.39, 0.29) is 0 Å². The summed E-state index contributed by atoms with van der Waals surface area (Å²) in [7, 11) is 0. The molecule has 0 aromatic rings. The van der Waals surface area contributed by atoms with Crippen molar-refractivity contribution in [3.8, 4) is 0 Å². The molecule has 2 unspecified atom stereocenters. The maximum Gasteiger partial charge on any atom is 0.0306 e. The van der Waals surface area contributed by atoms with E-state index >= 15 is 0 Å². The van der Waals surface area contributed by atoms with Crippen molar-refractivity contribution in [3.05, 3.63) is 0 Å². The zero-order valence-corrected chi connectivity index (χ0v) is 10.1. The van der Waals surface area contributed by atoms with Gasteiger partial charge in [-0.2, -0.15) is 0 Å². The maximum atomic E-state index is 6.00. The third kappa shape index (κ3) is 2.94. The molecule has 88 valence electrons. The van der Waals surface area contributed by atoms with Gasteiger partial charge in [-0.25, -0.2) is 0 Å². The molecule has 2 atom stereocenters. The Morgan fingerprint density at radius 1 is 1.27 bits per heavy atom.